The van der Waals surface area contributed by atoms with E-state index in [9.17, 15) is 4.79 Å². The molecule has 0 aliphatic rings. The predicted molar refractivity (Wildman–Crippen MR) is 96.6 cm³/mol. The van der Waals surface area contributed by atoms with Gasteiger partial charge in [-0.05, 0) is 54.5 Å². The van der Waals surface area contributed by atoms with Crippen LogP contribution in [0.4, 0.5) is 0 Å². The molecule has 0 aliphatic heterocycles. The van der Waals surface area contributed by atoms with Crippen LogP contribution >= 0.6 is 0 Å². The summed E-state index contributed by atoms with van der Waals surface area (Å²) < 4.78 is 0. The van der Waals surface area contributed by atoms with E-state index in [0.29, 0.717) is 6.42 Å². The van der Waals surface area contributed by atoms with Crippen molar-refractivity contribution in [1.29, 1.82) is 0 Å². The lowest BCUT2D eigenvalue weighted by atomic mass is 9.99. The molecule has 0 fully saturated rings. The van der Waals surface area contributed by atoms with E-state index in [4.69, 9.17) is 0 Å². The molecular weight excluding hydrogens is 282 g/mol. The van der Waals surface area contributed by atoms with Crippen LogP contribution in [0.3, 0.4) is 0 Å². The van der Waals surface area contributed by atoms with Gasteiger partial charge < -0.3 is 5.32 Å². The summed E-state index contributed by atoms with van der Waals surface area (Å²) in [6, 6.07) is 14.8. The smallest absolute Gasteiger partial charge is 0.224 e. The minimum absolute atomic E-state index is 0.0803. The highest BCUT2D eigenvalue weighted by Gasteiger charge is 2.13. The summed E-state index contributed by atoms with van der Waals surface area (Å²) >= 11 is 0. The van der Waals surface area contributed by atoms with Crippen LogP contribution in [0.5, 0.6) is 0 Å². The zero-order chi connectivity index (χ0) is 16.8. The Kier molecular flexibility index (Phi) is 5.97. The number of hydrogen-bond acceptors (Lipinski definition) is 1. The summed E-state index contributed by atoms with van der Waals surface area (Å²) in [4.78, 5) is 12.4. The maximum absolute atomic E-state index is 12.4. The second-order valence-electron chi connectivity index (χ2n) is 6.22. The van der Waals surface area contributed by atoms with E-state index in [1.165, 1.54) is 22.3 Å². The third-order valence-electron chi connectivity index (χ3n) is 4.47. The minimum atomic E-state index is 0.0803. The molecule has 0 heterocycles. The molecule has 1 atom stereocenters. The van der Waals surface area contributed by atoms with Crippen LogP contribution in [0, 0.1) is 13.8 Å². The molecule has 23 heavy (non-hydrogen) atoms. The van der Waals surface area contributed by atoms with Crippen molar-refractivity contribution in [1.82, 2.24) is 5.32 Å². The van der Waals surface area contributed by atoms with E-state index in [-0.39, 0.29) is 11.9 Å². The Morgan fingerprint density at radius 2 is 1.61 bits per heavy atom. The van der Waals surface area contributed by atoms with Gasteiger partial charge in [-0.1, -0.05) is 56.3 Å². The van der Waals surface area contributed by atoms with Crippen molar-refractivity contribution >= 4 is 5.91 Å². The fourth-order valence-corrected chi connectivity index (χ4v) is 2.73. The van der Waals surface area contributed by atoms with Crippen molar-refractivity contribution in [3.63, 3.8) is 0 Å². The third kappa shape index (κ3) is 4.69. The van der Waals surface area contributed by atoms with Crippen LogP contribution in [0.2, 0.25) is 0 Å². The number of amides is 1. The lowest BCUT2D eigenvalue weighted by molar-refractivity contribution is -0.121. The van der Waals surface area contributed by atoms with Crippen LogP contribution in [-0.4, -0.2) is 5.91 Å². The Balaban J connectivity index is 2.02. The Labute approximate surface area is 139 Å². The van der Waals surface area contributed by atoms with Gasteiger partial charge >= 0.3 is 0 Å². The van der Waals surface area contributed by atoms with E-state index in [1.807, 2.05) is 0 Å². The third-order valence-corrected chi connectivity index (χ3v) is 4.47. The van der Waals surface area contributed by atoms with Crippen LogP contribution in [0.25, 0.3) is 0 Å². The molecular formula is C21H27NO. The number of nitrogens with one attached hydrogen (secondary N) is 1. The van der Waals surface area contributed by atoms with E-state index >= 15 is 0 Å². The van der Waals surface area contributed by atoms with Crippen molar-refractivity contribution in [3.8, 4) is 0 Å². The highest BCUT2D eigenvalue weighted by atomic mass is 16.1. The first kappa shape index (κ1) is 17.3. The first-order valence-corrected chi connectivity index (χ1v) is 8.47. The van der Waals surface area contributed by atoms with Gasteiger partial charge in [-0.3, -0.25) is 4.79 Å². The number of hydrogen-bond donors (Lipinski definition) is 1. The van der Waals surface area contributed by atoms with Gasteiger partial charge in [0, 0.05) is 0 Å². The largest absolute Gasteiger partial charge is 0.349 e. The Morgan fingerprint density at radius 1 is 0.957 bits per heavy atom. The van der Waals surface area contributed by atoms with Crippen LogP contribution in [0.1, 0.15) is 54.1 Å². The van der Waals surface area contributed by atoms with Crippen molar-refractivity contribution in [2.75, 3.05) is 0 Å². The fourth-order valence-electron chi connectivity index (χ4n) is 2.73. The van der Waals surface area contributed by atoms with Gasteiger partial charge in [0.15, 0.2) is 0 Å². The minimum Gasteiger partial charge on any atom is -0.349 e. The quantitative estimate of drug-likeness (QED) is 0.825. The molecule has 2 aromatic carbocycles. The molecule has 122 valence electrons. The second-order valence-corrected chi connectivity index (χ2v) is 6.22. The molecule has 2 rings (SSSR count). The lowest BCUT2D eigenvalue weighted by Crippen LogP contribution is -2.29. The zero-order valence-electron chi connectivity index (χ0n) is 14.6. The molecule has 0 spiro atoms. The summed E-state index contributed by atoms with van der Waals surface area (Å²) in [6.45, 7) is 8.47. The Hall–Kier alpha value is -2.09. The summed E-state index contributed by atoms with van der Waals surface area (Å²) in [6.07, 6.45) is 2.35. The molecule has 0 bridgehead atoms. The number of aryl methyl sites for hydroxylation is 3. The van der Waals surface area contributed by atoms with Crippen molar-refractivity contribution < 1.29 is 4.79 Å². The first-order valence-electron chi connectivity index (χ1n) is 8.47. The van der Waals surface area contributed by atoms with Gasteiger partial charge in [-0.15, -0.1) is 0 Å². The van der Waals surface area contributed by atoms with E-state index in [0.717, 1.165) is 18.4 Å². The van der Waals surface area contributed by atoms with Gasteiger partial charge in [0.05, 0.1) is 12.5 Å². The highest BCUT2D eigenvalue weighted by molar-refractivity contribution is 5.79. The summed E-state index contributed by atoms with van der Waals surface area (Å²) in [5.41, 5.74) is 6.10. The number of carbonyl (C=O) groups excluding carboxylic acids is 1. The number of rotatable bonds is 6. The molecule has 0 saturated carbocycles. The maximum atomic E-state index is 12.4. The van der Waals surface area contributed by atoms with Crippen LogP contribution in [-0.2, 0) is 17.6 Å². The molecule has 2 heteroatoms. The van der Waals surface area contributed by atoms with E-state index in [1.54, 1.807) is 0 Å². The van der Waals surface area contributed by atoms with Gasteiger partial charge in [-0.2, -0.15) is 0 Å². The van der Waals surface area contributed by atoms with Gasteiger partial charge in [-0.25, -0.2) is 0 Å². The average Bonchev–Trinajstić information content (AvgIpc) is 2.56. The molecule has 0 radical (unpaired) electrons. The average molecular weight is 309 g/mol. The van der Waals surface area contributed by atoms with Crippen molar-refractivity contribution in [2.45, 2.75) is 53.0 Å². The summed E-state index contributed by atoms with van der Waals surface area (Å²) in [7, 11) is 0. The van der Waals surface area contributed by atoms with Crippen LogP contribution in [0.15, 0.2) is 42.5 Å². The number of benzene rings is 2. The van der Waals surface area contributed by atoms with Crippen LogP contribution < -0.4 is 5.32 Å². The summed E-state index contributed by atoms with van der Waals surface area (Å²) in [5, 5.41) is 3.17. The monoisotopic (exact) mass is 309 g/mol. The molecule has 1 N–H and O–H groups in total. The molecule has 0 saturated heterocycles. The standard InChI is InChI=1S/C21H27NO/c1-5-17-8-10-18(11-9-17)14-21(23)22-20(6-2)19-12-7-15(3)16(4)13-19/h7-13,20H,5-6,14H2,1-4H3,(H,22,23)/t20-/m0/s1. The Bertz CT molecular complexity index is 658. The maximum Gasteiger partial charge on any atom is 0.224 e. The van der Waals surface area contributed by atoms with Crippen molar-refractivity contribution in [2.24, 2.45) is 0 Å². The normalized spacial score (nSPS) is 12.0. The Morgan fingerprint density at radius 3 is 2.17 bits per heavy atom. The van der Waals surface area contributed by atoms with E-state index in [2.05, 4.69) is 75.5 Å². The predicted octanol–water partition coefficient (Wildman–Crippen LogP) is 4.68. The zero-order valence-corrected chi connectivity index (χ0v) is 14.6. The SMILES string of the molecule is CCc1ccc(CC(=O)N[C@@H](CC)c2ccc(C)c(C)c2)cc1. The molecule has 2 aromatic rings. The molecule has 0 aromatic heterocycles. The number of carbonyl (C=O) groups is 1. The topological polar surface area (TPSA) is 29.1 Å². The lowest BCUT2D eigenvalue weighted by Gasteiger charge is -2.19. The molecule has 0 unspecified atom stereocenters. The molecule has 2 nitrogen and oxygen atoms in total. The molecule has 1 amide bonds. The second kappa shape index (κ2) is 7.96. The van der Waals surface area contributed by atoms with Gasteiger partial charge in [0.2, 0.25) is 5.91 Å². The highest BCUT2D eigenvalue weighted by Crippen LogP contribution is 2.20. The fraction of sp³-hybridized carbons (Fsp3) is 0.381. The van der Waals surface area contributed by atoms with Gasteiger partial charge in [0.25, 0.3) is 0 Å². The van der Waals surface area contributed by atoms with Gasteiger partial charge in [0.1, 0.15) is 0 Å². The first-order chi connectivity index (χ1) is 11.0. The van der Waals surface area contributed by atoms with Crippen molar-refractivity contribution in [3.05, 3.63) is 70.3 Å². The molecule has 0 aliphatic carbocycles. The van der Waals surface area contributed by atoms with E-state index < -0.39 is 0 Å². The summed E-state index contributed by atoms with van der Waals surface area (Å²) in [5.74, 6) is 0.0827.